The predicted molar refractivity (Wildman–Crippen MR) is 103 cm³/mol. The van der Waals surface area contributed by atoms with E-state index < -0.39 is 5.82 Å². The smallest absolute Gasteiger partial charge is 0.255 e. The molecule has 1 aromatic carbocycles. The molecule has 1 saturated carbocycles. The number of carbonyl (C=O) groups is 2. The van der Waals surface area contributed by atoms with Crippen LogP contribution in [-0.2, 0) is 4.79 Å². The van der Waals surface area contributed by atoms with Crippen LogP contribution < -0.4 is 5.32 Å². The third-order valence-electron chi connectivity index (χ3n) is 5.64. The van der Waals surface area contributed by atoms with Crippen molar-refractivity contribution in [3.63, 3.8) is 0 Å². The molecule has 2 fully saturated rings. The van der Waals surface area contributed by atoms with Crippen molar-refractivity contribution >= 4 is 23.4 Å². The summed E-state index contributed by atoms with van der Waals surface area (Å²) < 4.78 is 13.2. The number of nitrogens with one attached hydrogen (secondary N) is 1. The van der Waals surface area contributed by atoms with Gasteiger partial charge in [0, 0.05) is 32.2 Å². The number of amides is 2. The highest BCUT2D eigenvalue weighted by atomic mass is 35.5. The van der Waals surface area contributed by atoms with Crippen LogP contribution in [0.1, 0.15) is 49.4 Å². The van der Waals surface area contributed by atoms with Crippen molar-refractivity contribution in [1.29, 1.82) is 0 Å². The highest BCUT2D eigenvalue weighted by molar-refractivity contribution is 6.33. The minimum Gasteiger partial charge on any atom is -0.352 e. The summed E-state index contributed by atoms with van der Waals surface area (Å²) in [4.78, 5) is 29.0. The molecule has 5 nitrogen and oxygen atoms in total. The van der Waals surface area contributed by atoms with E-state index in [9.17, 15) is 14.0 Å². The van der Waals surface area contributed by atoms with E-state index in [1.807, 2.05) is 6.92 Å². The van der Waals surface area contributed by atoms with E-state index in [1.54, 1.807) is 4.90 Å². The van der Waals surface area contributed by atoms with Gasteiger partial charge in [0.05, 0.1) is 16.6 Å². The van der Waals surface area contributed by atoms with Gasteiger partial charge in [-0.3, -0.25) is 14.5 Å². The summed E-state index contributed by atoms with van der Waals surface area (Å²) in [7, 11) is 0. The standard InChI is InChI=1S/C20H27ClFN3O2/c1-14(19(26)23-16-5-3-2-4-6-16)24-9-11-25(12-10-24)20(27)17-8-7-15(22)13-18(17)21/h7-8,13-14,16H,2-6,9-12H2,1H3,(H,23,26). The van der Waals surface area contributed by atoms with Gasteiger partial charge in [0.25, 0.3) is 5.91 Å². The van der Waals surface area contributed by atoms with E-state index in [-0.39, 0.29) is 22.9 Å². The van der Waals surface area contributed by atoms with Gasteiger partial charge in [-0.1, -0.05) is 30.9 Å². The van der Waals surface area contributed by atoms with Gasteiger partial charge >= 0.3 is 0 Å². The van der Waals surface area contributed by atoms with Crippen molar-refractivity contribution < 1.29 is 14.0 Å². The van der Waals surface area contributed by atoms with Gasteiger partial charge in [-0.25, -0.2) is 4.39 Å². The first kappa shape index (κ1) is 20.1. The van der Waals surface area contributed by atoms with Crippen LogP contribution in [0.15, 0.2) is 18.2 Å². The van der Waals surface area contributed by atoms with Crippen molar-refractivity contribution in [3.8, 4) is 0 Å². The molecule has 2 aliphatic rings. The van der Waals surface area contributed by atoms with Crippen molar-refractivity contribution in [3.05, 3.63) is 34.6 Å². The zero-order valence-electron chi connectivity index (χ0n) is 15.7. The highest BCUT2D eigenvalue weighted by Gasteiger charge is 2.29. The topological polar surface area (TPSA) is 52.7 Å². The van der Waals surface area contributed by atoms with Crippen LogP contribution in [0.25, 0.3) is 0 Å². The first-order valence-electron chi connectivity index (χ1n) is 9.74. The molecule has 0 radical (unpaired) electrons. The van der Waals surface area contributed by atoms with Gasteiger partial charge in [0.2, 0.25) is 5.91 Å². The van der Waals surface area contributed by atoms with Crippen LogP contribution in [0.3, 0.4) is 0 Å². The number of halogens is 2. The van der Waals surface area contributed by atoms with E-state index in [4.69, 9.17) is 11.6 Å². The normalized spacial score (nSPS) is 20.3. The summed E-state index contributed by atoms with van der Waals surface area (Å²) >= 11 is 6.01. The van der Waals surface area contributed by atoms with E-state index in [2.05, 4.69) is 10.2 Å². The first-order valence-corrected chi connectivity index (χ1v) is 10.1. The zero-order chi connectivity index (χ0) is 19.4. The molecule has 1 aromatic rings. The fourth-order valence-corrected chi connectivity index (χ4v) is 4.13. The maximum atomic E-state index is 13.2. The molecular weight excluding hydrogens is 369 g/mol. The Morgan fingerprint density at radius 1 is 1.15 bits per heavy atom. The molecule has 0 aromatic heterocycles. The molecule has 1 N–H and O–H groups in total. The number of nitrogens with zero attached hydrogens (tertiary/aromatic N) is 2. The third kappa shape index (κ3) is 4.99. The summed E-state index contributed by atoms with van der Waals surface area (Å²) in [6, 6.07) is 3.92. The largest absolute Gasteiger partial charge is 0.352 e. The molecule has 1 heterocycles. The Balaban J connectivity index is 1.51. The maximum Gasteiger partial charge on any atom is 0.255 e. The lowest BCUT2D eigenvalue weighted by atomic mass is 9.95. The van der Waals surface area contributed by atoms with Crippen molar-refractivity contribution in [2.75, 3.05) is 26.2 Å². The van der Waals surface area contributed by atoms with Crippen LogP contribution in [0.4, 0.5) is 4.39 Å². The molecule has 1 aliphatic carbocycles. The van der Waals surface area contributed by atoms with Gasteiger partial charge in [-0.05, 0) is 38.0 Å². The third-order valence-corrected chi connectivity index (χ3v) is 5.95. The van der Waals surface area contributed by atoms with Gasteiger partial charge in [0.1, 0.15) is 5.82 Å². The Morgan fingerprint density at radius 2 is 1.81 bits per heavy atom. The van der Waals surface area contributed by atoms with Crippen LogP contribution in [0.2, 0.25) is 5.02 Å². The van der Waals surface area contributed by atoms with Crippen molar-refractivity contribution in [2.45, 2.75) is 51.1 Å². The van der Waals surface area contributed by atoms with E-state index in [1.165, 1.54) is 31.4 Å². The number of benzene rings is 1. The Bertz CT molecular complexity index is 686. The summed E-state index contributed by atoms with van der Waals surface area (Å²) in [6.07, 6.45) is 5.77. The Hall–Kier alpha value is -1.66. The summed E-state index contributed by atoms with van der Waals surface area (Å²) in [6.45, 7) is 4.22. The SMILES string of the molecule is CC(C(=O)NC1CCCCC1)N1CCN(C(=O)c2ccc(F)cc2Cl)CC1. The minimum atomic E-state index is -0.459. The van der Waals surface area contributed by atoms with Crippen LogP contribution in [0, 0.1) is 5.82 Å². The van der Waals surface area contributed by atoms with E-state index >= 15 is 0 Å². The second kappa shape index (κ2) is 9.02. The molecule has 3 rings (SSSR count). The quantitative estimate of drug-likeness (QED) is 0.852. The zero-order valence-corrected chi connectivity index (χ0v) is 16.5. The number of piperazine rings is 1. The number of hydrogen-bond acceptors (Lipinski definition) is 3. The van der Waals surface area contributed by atoms with Gasteiger partial charge < -0.3 is 10.2 Å². The Kier molecular flexibility index (Phi) is 6.71. The second-order valence-electron chi connectivity index (χ2n) is 7.47. The van der Waals surface area contributed by atoms with Gasteiger partial charge in [-0.2, -0.15) is 0 Å². The monoisotopic (exact) mass is 395 g/mol. The van der Waals surface area contributed by atoms with Crippen LogP contribution in [-0.4, -0.2) is 59.9 Å². The molecule has 7 heteroatoms. The van der Waals surface area contributed by atoms with E-state index in [0.29, 0.717) is 37.8 Å². The second-order valence-corrected chi connectivity index (χ2v) is 7.88. The fraction of sp³-hybridized carbons (Fsp3) is 0.600. The fourth-order valence-electron chi connectivity index (χ4n) is 3.88. The lowest BCUT2D eigenvalue weighted by molar-refractivity contribution is -0.127. The molecule has 2 amide bonds. The number of hydrogen-bond donors (Lipinski definition) is 1. The molecule has 1 atom stereocenters. The Morgan fingerprint density at radius 3 is 2.44 bits per heavy atom. The number of carbonyl (C=O) groups excluding carboxylic acids is 2. The molecule has 1 saturated heterocycles. The first-order chi connectivity index (χ1) is 13.0. The molecule has 148 valence electrons. The van der Waals surface area contributed by atoms with Crippen molar-refractivity contribution in [2.24, 2.45) is 0 Å². The molecule has 1 aliphatic heterocycles. The van der Waals surface area contributed by atoms with Crippen molar-refractivity contribution in [1.82, 2.24) is 15.1 Å². The van der Waals surface area contributed by atoms with Crippen LogP contribution in [0.5, 0.6) is 0 Å². The molecule has 1 unspecified atom stereocenters. The average Bonchev–Trinajstić information content (AvgIpc) is 2.68. The molecule has 0 bridgehead atoms. The molecule has 27 heavy (non-hydrogen) atoms. The summed E-state index contributed by atoms with van der Waals surface area (Å²) in [5.74, 6) is -0.582. The number of rotatable bonds is 4. The summed E-state index contributed by atoms with van der Waals surface area (Å²) in [5.41, 5.74) is 0.314. The maximum absolute atomic E-state index is 13.2. The van der Waals surface area contributed by atoms with Gasteiger partial charge in [0.15, 0.2) is 0 Å². The van der Waals surface area contributed by atoms with E-state index in [0.717, 1.165) is 18.9 Å². The highest BCUT2D eigenvalue weighted by Crippen LogP contribution is 2.21. The van der Waals surface area contributed by atoms with Gasteiger partial charge in [-0.15, -0.1) is 0 Å². The predicted octanol–water partition coefficient (Wildman–Crippen LogP) is 3.07. The van der Waals surface area contributed by atoms with Crippen LogP contribution >= 0.6 is 11.6 Å². The lowest BCUT2D eigenvalue weighted by Gasteiger charge is -2.38. The minimum absolute atomic E-state index is 0.0725. The molecule has 0 spiro atoms. The average molecular weight is 396 g/mol. The summed E-state index contributed by atoms with van der Waals surface area (Å²) in [5, 5.41) is 3.30. The lowest BCUT2D eigenvalue weighted by Crippen LogP contribution is -2.56. The molecular formula is C20H27ClFN3O2. The Labute approximate surface area is 164 Å².